The molecule has 21 heavy (non-hydrogen) atoms. The first-order valence-corrected chi connectivity index (χ1v) is 8.36. The van der Waals surface area contributed by atoms with Crippen LogP contribution in [0, 0.1) is 11.8 Å². The molecule has 1 aromatic carbocycles. The molecular formula is C14H18N2O4S. The Bertz CT molecular complexity index is 632. The van der Waals surface area contributed by atoms with E-state index in [1.165, 1.54) is 4.31 Å². The molecule has 2 fully saturated rings. The van der Waals surface area contributed by atoms with Gasteiger partial charge in [0.2, 0.25) is 15.9 Å². The number of sulfonamides is 1. The molecule has 3 rings (SSSR count). The maximum atomic E-state index is 12.6. The number of amides is 1. The molecule has 0 saturated carbocycles. The molecule has 0 aromatic heterocycles. The fourth-order valence-corrected chi connectivity index (χ4v) is 4.58. The highest BCUT2D eigenvalue weighted by Gasteiger charge is 2.49. The molecule has 2 saturated heterocycles. The number of carbonyl (C=O) groups excluding carboxylic acids is 1. The molecule has 0 spiro atoms. The third-order valence-electron chi connectivity index (χ3n) is 4.25. The second kappa shape index (κ2) is 5.40. The largest absolute Gasteiger partial charge is 0.376 e. The van der Waals surface area contributed by atoms with E-state index in [1.807, 2.05) is 0 Å². The quantitative estimate of drug-likeness (QED) is 0.857. The van der Waals surface area contributed by atoms with Gasteiger partial charge in [0, 0.05) is 26.1 Å². The lowest BCUT2D eigenvalue weighted by Crippen LogP contribution is -2.36. The molecule has 2 aliphatic heterocycles. The number of hydrogen-bond acceptors (Lipinski definition) is 4. The van der Waals surface area contributed by atoms with Crippen molar-refractivity contribution in [3.05, 3.63) is 30.3 Å². The van der Waals surface area contributed by atoms with E-state index in [0.29, 0.717) is 19.7 Å². The third-order valence-corrected chi connectivity index (χ3v) is 6.09. The Kier molecular flexibility index (Phi) is 3.73. The minimum atomic E-state index is -3.51. The van der Waals surface area contributed by atoms with E-state index in [0.717, 1.165) is 0 Å². The Morgan fingerprint density at radius 3 is 2.67 bits per heavy atom. The summed E-state index contributed by atoms with van der Waals surface area (Å²) in [4.78, 5) is 12.1. The van der Waals surface area contributed by atoms with E-state index < -0.39 is 10.0 Å². The van der Waals surface area contributed by atoms with Gasteiger partial charge in [0.15, 0.2) is 0 Å². The van der Waals surface area contributed by atoms with Crippen LogP contribution in [0.1, 0.15) is 0 Å². The van der Waals surface area contributed by atoms with Gasteiger partial charge in [-0.25, -0.2) is 8.42 Å². The maximum absolute atomic E-state index is 12.6. The van der Waals surface area contributed by atoms with Crippen LogP contribution in [0.5, 0.6) is 0 Å². The van der Waals surface area contributed by atoms with Crippen LogP contribution in [0.2, 0.25) is 0 Å². The van der Waals surface area contributed by atoms with Crippen molar-refractivity contribution in [3.8, 4) is 0 Å². The molecule has 114 valence electrons. The highest BCUT2D eigenvalue weighted by molar-refractivity contribution is 7.89. The first kappa shape index (κ1) is 14.5. The molecule has 0 bridgehead atoms. The monoisotopic (exact) mass is 310 g/mol. The minimum absolute atomic E-state index is 0.0663. The lowest BCUT2D eigenvalue weighted by atomic mass is 9.92. The van der Waals surface area contributed by atoms with Crippen LogP contribution in [0.3, 0.4) is 0 Å². The first-order valence-electron chi connectivity index (χ1n) is 6.92. The summed E-state index contributed by atoms with van der Waals surface area (Å²) in [7, 11) is -1.93. The number of hydrogen-bond donors (Lipinski definition) is 1. The molecule has 2 aliphatic rings. The number of fused-ring (bicyclic) bond motifs is 1. The summed E-state index contributed by atoms with van der Waals surface area (Å²) < 4.78 is 32.2. The van der Waals surface area contributed by atoms with Gasteiger partial charge in [-0.15, -0.1) is 0 Å². The van der Waals surface area contributed by atoms with E-state index in [-0.39, 0.29) is 28.7 Å². The van der Waals surface area contributed by atoms with E-state index >= 15 is 0 Å². The van der Waals surface area contributed by atoms with Crippen molar-refractivity contribution in [2.24, 2.45) is 11.8 Å². The third kappa shape index (κ3) is 2.45. The summed E-state index contributed by atoms with van der Waals surface area (Å²) >= 11 is 0. The molecule has 0 aliphatic carbocycles. The predicted octanol–water partition coefficient (Wildman–Crippen LogP) is 0.0681. The van der Waals surface area contributed by atoms with Gasteiger partial charge in [-0.3, -0.25) is 4.79 Å². The number of rotatable bonds is 3. The lowest BCUT2D eigenvalue weighted by molar-refractivity contribution is -0.125. The minimum Gasteiger partial charge on any atom is -0.376 e. The zero-order valence-electron chi connectivity index (χ0n) is 11.7. The molecule has 7 heteroatoms. The van der Waals surface area contributed by atoms with Gasteiger partial charge < -0.3 is 10.1 Å². The fourth-order valence-electron chi connectivity index (χ4n) is 3.07. The van der Waals surface area contributed by atoms with Crippen LogP contribution in [-0.4, -0.2) is 51.5 Å². The lowest BCUT2D eigenvalue weighted by Gasteiger charge is -2.19. The zero-order valence-corrected chi connectivity index (χ0v) is 12.5. The Hall–Kier alpha value is -1.44. The molecule has 2 heterocycles. The van der Waals surface area contributed by atoms with Gasteiger partial charge in [-0.1, -0.05) is 18.2 Å². The number of nitrogens with zero attached hydrogens (tertiary/aromatic N) is 1. The Labute approximate surface area is 124 Å². The van der Waals surface area contributed by atoms with Gasteiger partial charge in [-0.2, -0.15) is 4.31 Å². The highest BCUT2D eigenvalue weighted by atomic mass is 32.2. The normalized spacial score (nSPS) is 29.3. The van der Waals surface area contributed by atoms with Crippen molar-refractivity contribution in [1.82, 2.24) is 9.62 Å². The fraction of sp³-hybridized carbons (Fsp3) is 0.500. The van der Waals surface area contributed by atoms with Gasteiger partial charge in [-0.05, 0) is 12.1 Å². The van der Waals surface area contributed by atoms with Crippen LogP contribution in [-0.2, 0) is 19.6 Å². The Balaban J connectivity index is 1.80. The Morgan fingerprint density at radius 2 is 2.00 bits per heavy atom. The average molecular weight is 310 g/mol. The second-order valence-electron chi connectivity index (χ2n) is 5.39. The van der Waals surface area contributed by atoms with Gasteiger partial charge in [0.05, 0.1) is 23.5 Å². The molecule has 1 N–H and O–H groups in total. The summed E-state index contributed by atoms with van der Waals surface area (Å²) in [6.45, 7) is 1.02. The van der Waals surface area contributed by atoms with E-state index in [9.17, 15) is 13.2 Å². The van der Waals surface area contributed by atoms with Crippen molar-refractivity contribution in [2.45, 2.75) is 11.0 Å². The van der Waals surface area contributed by atoms with Crippen LogP contribution in [0.25, 0.3) is 0 Å². The summed E-state index contributed by atoms with van der Waals surface area (Å²) in [6.07, 6.45) is -0.189. The van der Waals surface area contributed by atoms with Crippen molar-refractivity contribution >= 4 is 15.9 Å². The summed E-state index contributed by atoms with van der Waals surface area (Å²) in [5, 5.41) is 2.62. The molecular weight excluding hydrogens is 292 g/mol. The van der Waals surface area contributed by atoms with Gasteiger partial charge in [0.1, 0.15) is 0 Å². The van der Waals surface area contributed by atoms with E-state index in [1.54, 1.807) is 37.4 Å². The number of benzene rings is 1. The standard InChI is InChI=1S/C14H18N2O4S/c1-15-14(17)12-9-20-13-8-16(7-11(12)13)21(18,19)10-5-3-2-4-6-10/h2-6,11-13H,7-9H2,1H3,(H,15,17)/t11-,12+,13-/m0/s1. The van der Waals surface area contributed by atoms with Crippen molar-refractivity contribution < 1.29 is 17.9 Å². The summed E-state index contributed by atoms with van der Waals surface area (Å²) in [6, 6.07) is 8.35. The van der Waals surface area contributed by atoms with E-state index in [2.05, 4.69) is 5.32 Å². The number of ether oxygens (including phenoxy) is 1. The maximum Gasteiger partial charge on any atom is 0.243 e. The molecule has 1 aromatic rings. The molecule has 0 unspecified atom stereocenters. The van der Waals surface area contributed by atoms with Crippen molar-refractivity contribution in [3.63, 3.8) is 0 Å². The first-order chi connectivity index (χ1) is 10.0. The van der Waals surface area contributed by atoms with Crippen LogP contribution in [0.4, 0.5) is 0 Å². The summed E-state index contributed by atoms with van der Waals surface area (Å²) in [5.41, 5.74) is 0. The molecule has 1 amide bonds. The average Bonchev–Trinajstić information content (AvgIpc) is 3.08. The topological polar surface area (TPSA) is 75.7 Å². The van der Waals surface area contributed by atoms with Crippen molar-refractivity contribution in [2.75, 3.05) is 26.7 Å². The number of carbonyl (C=O) groups is 1. The summed E-state index contributed by atoms with van der Waals surface area (Å²) in [5.74, 6) is -0.416. The van der Waals surface area contributed by atoms with Gasteiger partial charge in [0.25, 0.3) is 0 Å². The Morgan fingerprint density at radius 1 is 1.29 bits per heavy atom. The smallest absolute Gasteiger partial charge is 0.243 e. The SMILES string of the molecule is CNC(=O)[C@@H]1CO[C@H]2CN(S(=O)(=O)c3ccccc3)C[C@H]21. The number of nitrogens with one attached hydrogen (secondary N) is 1. The molecule has 0 radical (unpaired) electrons. The molecule has 6 nitrogen and oxygen atoms in total. The molecule has 3 atom stereocenters. The highest BCUT2D eigenvalue weighted by Crippen LogP contribution is 2.36. The van der Waals surface area contributed by atoms with Crippen LogP contribution >= 0.6 is 0 Å². The van der Waals surface area contributed by atoms with Crippen LogP contribution in [0.15, 0.2) is 35.2 Å². The van der Waals surface area contributed by atoms with Gasteiger partial charge >= 0.3 is 0 Å². The second-order valence-corrected chi connectivity index (χ2v) is 7.33. The van der Waals surface area contributed by atoms with Crippen molar-refractivity contribution in [1.29, 1.82) is 0 Å². The van der Waals surface area contributed by atoms with Crippen LogP contribution < -0.4 is 5.32 Å². The zero-order chi connectivity index (χ0) is 15.0. The predicted molar refractivity (Wildman–Crippen MR) is 76.0 cm³/mol. The van der Waals surface area contributed by atoms with E-state index in [4.69, 9.17) is 4.74 Å².